The third kappa shape index (κ3) is 37.8. The highest BCUT2D eigenvalue weighted by Crippen LogP contribution is 2.15. The number of nitrogens with zero attached hydrogens (tertiary/aromatic N) is 1. The Morgan fingerprint density at radius 2 is 0.804 bits per heavy atom. The first kappa shape index (κ1) is 45.3. The van der Waals surface area contributed by atoms with Gasteiger partial charge in [0, 0.05) is 19.5 Å². The van der Waals surface area contributed by atoms with Crippen LogP contribution in [0.2, 0.25) is 0 Å². The van der Waals surface area contributed by atoms with Gasteiger partial charge in [-0.3, -0.25) is 14.2 Å². The Morgan fingerprint density at radius 3 is 1.17 bits per heavy atom. The van der Waals surface area contributed by atoms with E-state index in [1.54, 1.807) is 0 Å². The lowest BCUT2D eigenvalue weighted by atomic mass is 10.0. The van der Waals surface area contributed by atoms with Crippen molar-refractivity contribution in [2.24, 2.45) is 0 Å². The zero-order valence-electron chi connectivity index (χ0n) is 30.6. The van der Waals surface area contributed by atoms with E-state index in [1.165, 1.54) is 161 Å². The minimum Gasteiger partial charge on any atom is -0.464 e. The fourth-order valence-corrected chi connectivity index (χ4v) is 6.42. The Bertz CT molecular complexity index is 733. The average Bonchev–Trinajstić information content (AvgIpc) is 3.02. The number of hydrogen-bond donors (Lipinski definition) is 1. The van der Waals surface area contributed by atoms with Gasteiger partial charge in [0.2, 0.25) is 0 Å². The van der Waals surface area contributed by atoms with Crippen LogP contribution >= 0.6 is 0 Å². The van der Waals surface area contributed by atoms with Gasteiger partial charge in [0.25, 0.3) is 0 Å². The molecule has 7 nitrogen and oxygen atoms in total. The normalized spacial score (nSPS) is 11.9. The van der Waals surface area contributed by atoms with Crippen molar-refractivity contribution in [3.05, 3.63) is 0 Å². The van der Waals surface area contributed by atoms with Crippen LogP contribution in [-0.4, -0.2) is 56.7 Å². The SMILES string of the molecule is CCCCCCCCCCCCCCCCCCCCCC(=O)OCCN(CCCCCCCCCCCC)CCOS(=O)(=O)O. The van der Waals surface area contributed by atoms with Gasteiger partial charge in [-0.2, -0.15) is 8.42 Å². The molecular weight excluding hydrogens is 598 g/mol. The van der Waals surface area contributed by atoms with E-state index in [0.717, 1.165) is 32.2 Å². The Hall–Kier alpha value is -0.700. The Kier molecular flexibility index (Phi) is 35.1. The van der Waals surface area contributed by atoms with Gasteiger partial charge in [0.05, 0.1) is 6.61 Å². The zero-order chi connectivity index (χ0) is 33.8. The van der Waals surface area contributed by atoms with E-state index < -0.39 is 10.4 Å². The van der Waals surface area contributed by atoms with E-state index in [1.807, 2.05) is 0 Å². The molecule has 0 bridgehead atoms. The van der Waals surface area contributed by atoms with Crippen molar-refractivity contribution in [1.29, 1.82) is 0 Å². The average molecular weight is 676 g/mol. The molecule has 0 aliphatic rings. The van der Waals surface area contributed by atoms with E-state index >= 15 is 0 Å². The second-order valence-electron chi connectivity index (χ2n) is 13.6. The predicted octanol–water partition coefficient (Wildman–Crippen LogP) is 11.4. The third-order valence-corrected chi connectivity index (χ3v) is 9.59. The molecular formula is C38H77NO6S. The second-order valence-corrected chi connectivity index (χ2v) is 14.7. The molecule has 0 spiro atoms. The molecule has 0 aromatic carbocycles. The fourth-order valence-electron chi connectivity index (χ4n) is 6.14. The lowest BCUT2D eigenvalue weighted by Gasteiger charge is -2.21. The molecule has 0 rings (SSSR count). The lowest BCUT2D eigenvalue weighted by molar-refractivity contribution is -0.144. The van der Waals surface area contributed by atoms with Crippen molar-refractivity contribution >= 4 is 16.4 Å². The van der Waals surface area contributed by atoms with Gasteiger partial charge in [-0.1, -0.05) is 187 Å². The molecule has 0 unspecified atom stereocenters. The zero-order valence-corrected chi connectivity index (χ0v) is 31.4. The first-order chi connectivity index (χ1) is 22.4. The van der Waals surface area contributed by atoms with Crippen molar-refractivity contribution in [3.63, 3.8) is 0 Å². The van der Waals surface area contributed by atoms with E-state index in [0.29, 0.717) is 26.1 Å². The molecule has 0 fully saturated rings. The van der Waals surface area contributed by atoms with Crippen LogP contribution in [0, 0.1) is 0 Å². The molecule has 0 aromatic rings. The molecule has 0 aliphatic carbocycles. The quantitative estimate of drug-likeness (QED) is 0.0395. The van der Waals surface area contributed by atoms with Crippen LogP contribution in [0.1, 0.15) is 206 Å². The van der Waals surface area contributed by atoms with E-state index in [-0.39, 0.29) is 12.6 Å². The number of rotatable bonds is 38. The van der Waals surface area contributed by atoms with Crippen molar-refractivity contribution in [3.8, 4) is 0 Å². The summed E-state index contributed by atoms with van der Waals surface area (Å²) in [6.07, 6.45) is 38.3. The number of hydrogen-bond acceptors (Lipinski definition) is 6. The molecule has 0 amide bonds. The molecule has 0 aromatic heterocycles. The van der Waals surface area contributed by atoms with Crippen LogP contribution in [0.15, 0.2) is 0 Å². The molecule has 0 heterocycles. The smallest absolute Gasteiger partial charge is 0.397 e. The van der Waals surface area contributed by atoms with Gasteiger partial charge in [-0.15, -0.1) is 0 Å². The van der Waals surface area contributed by atoms with E-state index in [9.17, 15) is 13.2 Å². The summed E-state index contributed by atoms with van der Waals surface area (Å²) in [7, 11) is -4.44. The van der Waals surface area contributed by atoms with Crippen molar-refractivity contribution in [2.75, 3.05) is 32.8 Å². The van der Waals surface area contributed by atoms with Crippen molar-refractivity contribution in [2.45, 2.75) is 206 Å². The largest absolute Gasteiger partial charge is 0.464 e. The number of carbonyl (C=O) groups excluding carboxylic acids is 1. The Labute approximate surface area is 286 Å². The highest BCUT2D eigenvalue weighted by Gasteiger charge is 2.11. The molecule has 0 saturated carbocycles. The lowest BCUT2D eigenvalue weighted by Crippen LogP contribution is -2.33. The third-order valence-electron chi connectivity index (χ3n) is 9.12. The molecule has 0 atom stereocenters. The number of carbonyl (C=O) groups is 1. The number of unbranched alkanes of at least 4 members (excludes halogenated alkanes) is 27. The van der Waals surface area contributed by atoms with Gasteiger partial charge in [0.1, 0.15) is 6.61 Å². The standard InChI is InChI=1S/C38H77NO6S/c1-3-5-7-9-11-13-15-16-17-18-19-20-21-22-23-24-26-28-30-32-38(40)44-36-34-39(35-37-45-46(41,42)43)33-31-29-27-25-14-12-10-8-6-4-2/h3-37H2,1-2H3,(H,41,42,43). The van der Waals surface area contributed by atoms with Crippen molar-refractivity contribution < 1.29 is 26.7 Å². The Morgan fingerprint density at radius 1 is 0.478 bits per heavy atom. The van der Waals surface area contributed by atoms with E-state index in [2.05, 4.69) is 22.9 Å². The summed E-state index contributed by atoms with van der Waals surface area (Å²) >= 11 is 0. The minimum atomic E-state index is -4.44. The first-order valence-corrected chi connectivity index (χ1v) is 21.2. The maximum absolute atomic E-state index is 12.2. The summed E-state index contributed by atoms with van der Waals surface area (Å²) in [6.45, 7) is 6.41. The molecule has 0 aliphatic heterocycles. The van der Waals surface area contributed by atoms with Gasteiger partial charge >= 0.3 is 16.4 Å². The van der Waals surface area contributed by atoms with Gasteiger partial charge in [-0.05, 0) is 19.4 Å². The second kappa shape index (κ2) is 35.6. The topological polar surface area (TPSA) is 93.1 Å². The van der Waals surface area contributed by atoms with Crippen LogP contribution in [0.5, 0.6) is 0 Å². The maximum Gasteiger partial charge on any atom is 0.397 e. The van der Waals surface area contributed by atoms with Gasteiger partial charge in [0.15, 0.2) is 0 Å². The van der Waals surface area contributed by atoms with E-state index in [4.69, 9.17) is 9.29 Å². The maximum atomic E-state index is 12.2. The number of esters is 1. The molecule has 46 heavy (non-hydrogen) atoms. The summed E-state index contributed by atoms with van der Waals surface area (Å²) in [6, 6.07) is 0. The highest BCUT2D eigenvalue weighted by atomic mass is 32.3. The van der Waals surface area contributed by atoms with Crippen LogP contribution < -0.4 is 0 Å². The van der Waals surface area contributed by atoms with Crippen LogP contribution in [-0.2, 0) is 24.1 Å². The fraction of sp³-hybridized carbons (Fsp3) is 0.974. The molecule has 0 saturated heterocycles. The Balaban J connectivity index is 3.72. The van der Waals surface area contributed by atoms with Gasteiger partial charge in [-0.25, -0.2) is 4.18 Å². The molecule has 8 heteroatoms. The monoisotopic (exact) mass is 676 g/mol. The summed E-state index contributed by atoms with van der Waals surface area (Å²) < 4.78 is 40.7. The van der Waals surface area contributed by atoms with Crippen LogP contribution in [0.25, 0.3) is 0 Å². The highest BCUT2D eigenvalue weighted by molar-refractivity contribution is 7.80. The minimum absolute atomic E-state index is 0.107. The first-order valence-electron chi connectivity index (χ1n) is 19.9. The van der Waals surface area contributed by atoms with Crippen LogP contribution in [0.3, 0.4) is 0 Å². The van der Waals surface area contributed by atoms with Gasteiger partial charge < -0.3 is 4.74 Å². The number of ether oxygens (including phenoxy) is 1. The molecule has 276 valence electrons. The molecule has 0 radical (unpaired) electrons. The summed E-state index contributed by atoms with van der Waals surface area (Å²) in [5.74, 6) is -0.153. The molecule has 1 N–H and O–H groups in total. The van der Waals surface area contributed by atoms with Crippen LogP contribution in [0.4, 0.5) is 0 Å². The van der Waals surface area contributed by atoms with Crippen molar-refractivity contribution in [1.82, 2.24) is 4.90 Å². The predicted molar refractivity (Wildman–Crippen MR) is 195 cm³/mol. The summed E-state index contributed by atoms with van der Waals surface area (Å²) in [5.41, 5.74) is 0. The summed E-state index contributed by atoms with van der Waals surface area (Å²) in [4.78, 5) is 14.3. The summed E-state index contributed by atoms with van der Waals surface area (Å²) in [5, 5.41) is 0.